The molecular formula is C22H20N6O2. The van der Waals surface area contributed by atoms with Crippen molar-refractivity contribution in [1.82, 2.24) is 30.0 Å². The lowest BCUT2D eigenvalue weighted by Gasteiger charge is -2.27. The first-order valence-electron chi connectivity index (χ1n) is 9.71. The van der Waals surface area contributed by atoms with Crippen LogP contribution in [0.3, 0.4) is 0 Å². The van der Waals surface area contributed by atoms with Crippen molar-refractivity contribution in [2.24, 2.45) is 0 Å². The Hall–Kier alpha value is -3.65. The molecule has 8 heteroatoms. The number of rotatable bonds is 5. The Bertz CT molecular complexity index is 1140. The van der Waals surface area contributed by atoms with Gasteiger partial charge in [-0.2, -0.15) is 0 Å². The fourth-order valence-electron chi connectivity index (χ4n) is 3.57. The minimum atomic E-state index is 0.670. The molecule has 0 atom stereocenters. The Balaban J connectivity index is 1.27. The van der Waals surface area contributed by atoms with E-state index in [9.17, 15) is 0 Å². The molecule has 1 aliphatic rings. The van der Waals surface area contributed by atoms with Crippen LogP contribution >= 0.6 is 0 Å². The van der Waals surface area contributed by atoms with Crippen LogP contribution < -0.4 is 4.74 Å². The van der Waals surface area contributed by atoms with Gasteiger partial charge in [-0.3, -0.25) is 4.90 Å². The Morgan fingerprint density at radius 2 is 1.90 bits per heavy atom. The molecule has 0 saturated heterocycles. The average molecular weight is 400 g/mol. The molecule has 0 unspecified atom stereocenters. The number of ether oxygens (including phenoxy) is 1. The fourth-order valence-corrected chi connectivity index (χ4v) is 3.57. The summed E-state index contributed by atoms with van der Waals surface area (Å²) in [6, 6.07) is 9.75. The molecule has 0 spiro atoms. The second-order valence-electron chi connectivity index (χ2n) is 7.16. The minimum Gasteiger partial charge on any atom is -0.497 e. The van der Waals surface area contributed by atoms with E-state index in [1.165, 1.54) is 6.33 Å². The second-order valence-corrected chi connectivity index (χ2v) is 7.16. The van der Waals surface area contributed by atoms with Crippen LogP contribution in [0.1, 0.15) is 17.0 Å². The van der Waals surface area contributed by atoms with Gasteiger partial charge in [-0.05, 0) is 24.3 Å². The molecule has 1 aromatic carbocycles. The largest absolute Gasteiger partial charge is 0.497 e. The number of nitrogens with zero attached hydrogens (tertiary/aromatic N) is 6. The van der Waals surface area contributed by atoms with Crippen molar-refractivity contribution in [2.45, 2.75) is 19.5 Å². The van der Waals surface area contributed by atoms with Crippen LogP contribution in [0.5, 0.6) is 5.75 Å². The highest BCUT2D eigenvalue weighted by atomic mass is 16.5. The van der Waals surface area contributed by atoms with E-state index in [1.807, 2.05) is 36.5 Å². The number of fused-ring (bicyclic) bond motifs is 1. The van der Waals surface area contributed by atoms with Gasteiger partial charge in [0.1, 0.15) is 12.1 Å². The molecule has 150 valence electrons. The molecule has 1 aliphatic heterocycles. The second kappa shape index (κ2) is 8.00. The van der Waals surface area contributed by atoms with Gasteiger partial charge in [0, 0.05) is 61.8 Å². The molecule has 8 nitrogen and oxygen atoms in total. The van der Waals surface area contributed by atoms with Crippen molar-refractivity contribution in [1.29, 1.82) is 0 Å². The Kier molecular flexibility index (Phi) is 4.90. The quantitative estimate of drug-likeness (QED) is 0.505. The predicted octanol–water partition coefficient (Wildman–Crippen LogP) is 3.16. The molecule has 0 amide bonds. The zero-order valence-electron chi connectivity index (χ0n) is 16.5. The number of benzene rings is 1. The lowest BCUT2D eigenvalue weighted by molar-refractivity contribution is 0.235. The maximum atomic E-state index is 5.55. The zero-order chi connectivity index (χ0) is 20.3. The molecular weight excluding hydrogens is 380 g/mol. The third-order valence-electron chi connectivity index (χ3n) is 5.15. The van der Waals surface area contributed by atoms with Crippen molar-refractivity contribution >= 4 is 0 Å². The zero-order valence-corrected chi connectivity index (χ0v) is 16.5. The first-order chi connectivity index (χ1) is 14.8. The van der Waals surface area contributed by atoms with E-state index >= 15 is 0 Å². The van der Waals surface area contributed by atoms with E-state index in [-0.39, 0.29) is 0 Å². The van der Waals surface area contributed by atoms with Gasteiger partial charge in [0.15, 0.2) is 11.6 Å². The van der Waals surface area contributed by atoms with Crippen LogP contribution in [-0.4, -0.2) is 43.6 Å². The van der Waals surface area contributed by atoms with Crippen molar-refractivity contribution < 1.29 is 9.26 Å². The summed E-state index contributed by atoms with van der Waals surface area (Å²) >= 11 is 0. The van der Waals surface area contributed by atoms with E-state index in [0.717, 1.165) is 59.1 Å². The first kappa shape index (κ1) is 18.4. The van der Waals surface area contributed by atoms with E-state index in [4.69, 9.17) is 14.2 Å². The van der Waals surface area contributed by atoms with Crippen LogP contribution in [0.2, 0.25) is 0 Å². The van der Waals surface area contributed by atoms with Crippen LogP contribution in [0.15, 0.2) is 59.8 Å². The van der Waals surface area contributed by atoms with Crippen LogP contribution in [0.25, 0.3) is 22.7 Å². The molecule has 4 aromatic rings. The molecule has 0 saturated carbocycles. The van der Waals surface area contributed by atoms with Crippen molar-refractivity contribution in [2.75, 3.05) is 13.7 Å². The van der Waals surface area contributed by atoms with Crippen molar-refractivity contribution in [3.05, 3.63) is 72.2 Å². The van der Waals surface area contributed by atoms with Gasteiger partial charge in [0.05, 0.1) is 24.1 Å². The van der Waals surface area contributed by atoms with Crippen LogP contribution in [-0.2, 0) is 19.5 Å². The van der Waals surface area contributed by atoms with E-state index < -0.39 is 0 Å². The maximum Gasteiger partial charge on any atom is 0.167 e. The standard InChI is InChI=1S/C22H20N6O2/c1-29-19-4-2-15(3-5-19)21-8-18(27-30-21)13-28-7-6-20-17(12-28)11-25-22(26-20)16-9-23-14-24-10-16/h2-5,8-11,14H,6-7,12-13H2,1H3. The van der Waals surface area contributed by atoms with Crippen molar-refractivity contribution in [3.8, 4) is 28.5 Å². The molecule has 0 radical (unpaired) electrons. The lowest BCUT2D eigenvalue weighted by atomic mass is 10.1. The Morgan fingerprint density at radius 3 is 2.70 bits per heavy atom. The first-order valence-corrected chi connectivity index (χ1v) is 9.71. The summed E-state index contributed by atoms with van der Waals surface area (Å²) in [4.78, 5) is 19.6. The summed E-state index contributed by atoms with van der Waals surface area (Å²) in [6.07, 6.45) is 7.73. The van der Waals surface area contributed by atoms with E-state index in [0.29, 0.717) is 12.4 Å². The van der Waals surface area contributed by atoms with Crippen LogP contribution in [0, 0.1) is 0 Å². The van der Waals surface area contributed by atoms with Gasteiger partial charge in [-0.15, -0.1) is 0 Å². The number of aromatic nitrogens is 5. The molecule has 5 rings (SSSR count). The monoisotopic (exact) mass is 400 g/mol. The third-order valence-corrected chi connectivity index (χ3v) is 5.15. The normalized spacial score (nSPS) is 13.8. The highest BCUT2D eigenvalue weighted by Gasteiger charge is 2.20. The summed E-state index contributed by atoms with van der Waals surface area (Å²) in [5, 5.41) is 4.25. The average Bonchev–Trinajstić information content (AvgIpc) is 3.28. The highest BCUT2D eigenvalue weighted by molar-refractivity contribution is 5.58. The highest BCUT2D eigenvalue weighted by Crippen LogP contribution is 2.25. The summed E-state index contributed by atoms with van der Waals surface area (Å²) in [5.41, 5.74) is 4.93. The number of hydrogen-bond acceptors (Lipinski definition) is 8. The van der Waals surface area contributed by atoms with Gasteiger partial charge < -0.3 is 9.26 Å². The van der Waals surface area contributed by atoms with Gasteiger partial charge in [-0.25, -0.2) is 19.9 Å². The van der Waals surface area contributed by atoms with Gasteiger partial charge in [-0.1, -0.05) is 5.16 Å². The van der Waals surface area contributed by atoms with E-state index in [1.54, 1.807) is 19.5 Å². The van der Waals surface area contributed by atoms with E-state index in [2.05, 4.69) is 25.0 Å². The molecule has 3 aromatic heterocycles. The minimum absolute atomic E-state index is 0.670. The summed E-state index contributed by atoms with van der Waals surface area (Å²) in [5.74, 6) is 2.24. The summed E-state index contributed by atoms with van der Waals surface area (Å²) in [7, 11) is 1.65. The predicted molar refractivity (Wildman–Crippen MR) is 109 cm³/mol. The molecule has 0 N–H and O–H groups in total. The smallest absolute Gasteiger partial charge is 0.167 e. The molecule has 4 heterocycles. The van der Waals surface area contributed by atoms with Gasteiger partial charge >= 0.3 is 0 Å². The van der Waals surface area contributed by atoms with Crippen molar-refractivity contribution in [3.63, 3.8) is 0 Å². The third kappa shape index (κ3) is 3.77. The molecule has 0 aliphatic carbocycles. The Morgan fingerprint density at radius 1 is 1.07 bits per heavy atom. The van der Waals surface area contributed by atoms with Gasteiger partial charge in [0.2, 0.25) is 0 Å². The maximum absolute atomic E-state index is 5.55. The van der Waals surface area contributed by atoms with Crippen LogP contribution in [0.4, 0.5) is 0 Å². The fraction of sp³-hybridized carbons (Fsp3) is 0.227. The lowest BCUT2D eigenvalue weighted by Crippen LogP contribution is -2.31. The topological polar surface area (TPSA) is 90.1 Å². The number of methoxy groups -OCH3 is 1. The van der Waals surface area contributed by atoms with Gasteiger partial charge in [0.25, 0.3) is 0 Å². The molecule has 0 bridgehead atoms. The number of hydrogen-bond donors (Lipinski definition) is 0. The SMILES string of the molecule is COc1ccc(-c2cc(CN3CCc4nc(-c5cncnc5)ncc4C3)no2)cc1. The molecule has 30 heavy (non-hydrogen) atoms. The summed E-state index contributed by atoms with van der Waals surface area (Å²) < 4.78 is 10.7. The molecule has 0 fully saturated rings. The Labute approximate surface area is 173 Å². The summed E-state index contributed by atoms with van der Waals surface area (Å²) in [6.45, 7) is 2.40.